The Bertz CT molecular complexity index is 1290. The molecule has 0 aliphatic heterocycles. The van der Waals surface area contributed by atoms with Crippen LogP contribution in [0.3, 0.4) is 0 Å². The number of nitrogens with zero attached hydrogens (tertiary/aromatic N) is 3. The summed E-state index contributed by atoms with van der Waals surface area (Å²) in [5.74, 6) is 1.33. The van der Waals surface area contributed by atoms with Crippen LogP contribution in [0.25, 0.3) is 5.69 Å². The molecule has 0 bridgehead atoms. The number of benzene rings is 3. The largest absolute Gasteiger partial charge is 0.486 e. The Morgan fingerprint density at radius 1 is 0.941 bits per heavy atom. The SMILES string of the molecule is Cc1ccc(OCc2nnc(SCC(=O)Nc3ccc(Cl)c(Cl)c3)n2-c2ccc(C)cc2)cc1. The van der Waals surface area contributed by atoms with Crippen molar-refractivity contribution in [3.63, 3.8) is 0 Å². The molecule has 174 valence electrons. The van der Waals surface area contributed by atoms with Crippen molar-refractivity contribution in [2.75, 3.05) is 11.1 Å². The molecule has 0 radical (unpaired) electrons. The molecule has 0 saturated heterocycles. The van der Waals surface area contributed by atoms with Gasteiger partial charge in [0.25, 0.3) is 0 Å². The molecule has 4 aromatic rings. The number of ether oxygens (including phenoxy) is 1. The lowest BCUT2D eigenvalue weighted by atomic mass is 10.2. The first-order valence-electron chi connectivity index (χ1n) is 10.5. The maximum atomic E-state index is 12.5. The normalized spacial score (nSPS) is 10.8. The summed E-state index contributed by atoms with van der Waals surface area (Å²) in [6.07, 6.45) is 0. The molecule has 3 aromatic carbocycles. The van der Waals surface area contributed by atoms with E-state index in [1.54, 1.807) is 18.2 Å². The van der Waals surface area contributed by atoms with E-state index >= 15 is 0 Å². The molecule has 0 aliphatic rings. The van der Waals surface area contributed by atoms with Crippen LogP contribution in [-0.4, -0.2) is 26.4 Å². The Morgan fingerprint density at radius 2 is 1.62 bits per heavy atom. The Balaban J connectivity index is 1.50. The van der Waals surface area contributed by atoms with Crippen LogP contribution in [0.15, 0.2) is 71.9 Å². The monoisotopic (exact) mass is 512 g/mol. The van der Waals surface area contributed by atoms with Gasteiger partial charge in [0.05, 0.1) is 15.8 Å². The summed E-state index contributed by atoms with van der Waals surface area (Å²) in [5, 5.41) is 12.9. The Labute approximate surface area is 212 Å². The van der Waals surface area contributed by atoms with Gasteiger partial charge in [-0.1, -0.05) is 70.4 Å². The number of carbonyl (C=O) groups excluding carboxylic acids is 1. The van der Waals surface area contributed by atoms with E-state index in [1.165, 1.54) is 11.8 Å². The molecule has 0 spiro atoms. The molecule has 4 rings (SSSR count). The number of hydrogen-bond acceptors (Lipinski definition) is 5. The maximum absolute atomic E-state index is 12.5. The molecule has 0 saturated carbocycles. The molecule has 1 N–H and O–H groups in total. The van der Waals surface area contributed by atoms with Gasteiger partial charge in [0.1, 0.15) is 12.4 Å². The van der Waals surface area contributed by atoms with Crippen LogP contribution in [0.5, 0.6) is 5.75 Å². The molecule has 6 nitrogen and oxygen atoms in total. The Morgan fingerprint density at radius 3 is 2.29 bits per heavy atom. The van der Waals surface area contributed by atoms with Crippen molar-refractivity contribution >= 4 is 46.6 Å². The zero-order valence-corrected chi connectivity index (χ0v) is 20.9. The van der Waals surface area contributed by atoms with E-state index in [-0.39, 0.29) is 18.3 Å². The van der Waals surface area contributed by atoms with Crippen LogP contribution in [-0.2, 0) is 11.4 Å². The van der Waals surface area contributed by atoms with E-state index in [4.69, 9.17) is 27.9 Å². The molecule has 9 heteroatoms. The van der Waals surface area contributed by atoms with Crippen molar-refractivity contribution in [3.05, 3.63) is 93.7 Å². The molecular formula is C25H22Cl2N4O2S. The minimum atomic E-state index is -0.195. The van der Waals surface area contributed by atoms with E-state index in [1.807, 2.05) is 66.9 Å². The number of hydrogen-bond donors (Lipinski definition) is 1. The summed E-state index contributed by atoms with van der Waals surface area (Å²) < 4.78 is 7.84. The minimum absolute atomic E-state index is 0.142. The second-order valence-electron chi connectivity index (χ2n) is 7.64. The standard InChI is InChI=1S/C25H22Cl2N4O2S/c1-16-3-8-19(9-4-16)31-23(14-33-20-10-5-17(2)6-11-20)29-30-25(31)34-15-24(32)28-18-7-12-21(26)22(27)13-18/h3-13H,14-15H2,1-2H3,(H,28,32). The van der Waals surface area contributed by atoms with Crippen molar-refractivity contribution in [1.29, 1.82) is 0 Å². The minimum Gasteiger partial charge on any atom is -0.486 e. The van der Waals surface area contributed by atoms with Crippen molar-refractivity contribution in [3.8, 4) is 11.4 Å². The number of amides is 1. The maximum Gasteiger partial charge on any atom is 0.234 e. The highest BCUT2D eigenvalue weighted by molar-refractivity contribution is 7.99. The summed E-state index contributed by atoms with van der Waals surface area (Å²) in [7, 11) is 0. The van der Waals surface area contributed by atoms with Crippen LogP contribution >= 0.6 is 35.0 Å². The van der Waals surface area contributed by atoms with Crippen LogP contribution < -0.4 is 10.1 Å². The first-order chi connectivity index (χ1) is 16.4. The third kappa shape index (κ3) is 6.11. The van der Waals surface area contributed by atoms with Gasteiger partial charge in [-0.05, 0) is 56.3 Å². The number of rotatable bonds is 8. The average Bonchev–Trinajstić information content (AvgIpc) is 3.23. The number of thioether (sulfide) groups is 1. The molecule has 0 aliphatic carbocycles. The van der Waals surface area contributed by atoms with Gasteiger partial charge in [-0.25, -0.2) is 0 Å². The van der Waals surface area contributed by atoms with Crippen molar-refractivity contribution < 1.29 is 9.53 Å². The summed E-state index contributed by atoms with van der Waals surface area (Å²) in [6.45, 7) is 4.29. The number of anilines is 1. The average molecular weight is 513 g/mol. The predicted molar refractivity (Wildman–Crippen MR) is 137 cm³/mol. The number of halogens is 2. The molecule has 1 amide bonds. The number of carbonyl (C=O) groups is 1. The van der Waals surface area contributed by atoms with Crippen LogP contribution in [0.4, 0.5) is 5.69 Å². The third-order valence-corrected chi connectivity index (χ3v) is 6.59. The fourth-order valence-corrected chi connectivity index (χ4v) is 4.19. The van der Waals surface area contributed by atoms with Gasteiger partial charge in [0.2, 0.25) is 5.91 Å². The third-order valence-electron chi connectivity index (χ3n) is 4.92. The summed E-state index contributed by atoms with van der Waals surface area (Å²) >= 11 is 13.3. The summed E-state index contributed by atoms with van der Waals surface area (Å²) in [4.78, 5) is 12.5. The highest BCUT2D eigenvalue weighted by Gasteiger charge is 2.17. The van der Waals surface area contributed by atoms with Crippen molar-refractivity contribution in [2.24, 2.45) is 0 Å². The molecule has 1 heterocycles. The predicted octanol–water partition coefficient (Wildman–Crippen LogP) is 6.50. The zero-order valence-electron chi connectivity index (χ0n) is 18.6. The fraction of sp³-hybridized carbons (Fsp3) is 0.160. The Hall–Kier alpha value is -3.00. The van der Waals surface area contributed by atoms with E-state index in [2.05, 4.69) is 15.5 Å². The number of aromatic nitrogens is 3. The quantitative estimate of drug-likeness (QED) is 0.273. The molecule has 34 heavy (non-hydrogen) atoms. The van der Waals surface area contributed by atoms with Gasteiger partial charge < -0.3 is 10.1 Å². The highest BCUT2D eigenvalue weighted by Crippen LogP contribution is 2.26. The molecule has 0 fully saturated rings. The van der Waals surface area contributed by atoms with Gasteiger partial charge in [-0.2, -0.15) is 0 Å². The smallest absolute Gasteiger partial charge is 0.234 e. The number of nitrogens with one attached hydrogen (secondary N) is 1. The van der Waals surface area contributed by atoms with Gasteiger partial charge in [-0.15, -0.1) is 10.2 Å². The summed E-state index contributed by atoms with van der Waals surface area (Å²) in [5.41, 5.74) is 3.77. The lowest BCUT2D eigenvalue weighted by molar-refractivity contribution is -0.113. The molecule has 0 unspecified atom stereocenters. The van der Waals surface area contributed by atoms with E-state index in [0.717, 1.165) is 22.6 Å². The van der Waals surface area contributed by atoms with Crippen LogP contribution in [0.2, 0.25) is 10.0 Å². The first-order valence-corrected chi connectivity index (χ1v) is 12.2. The van der Waals surface area contributed by atoms with Gasteiger partial charge >= 0.3 is 0 Å². The highest BCUT2D eigenvalue weighted by atomic mass is 35.5. The van der Waals surface area contributed by atoms with Gasteiger partial charge in [0, 0.05) is 11.4 Å². The molecular weight excluding hydrogens is 491 g/mol. The zero-order chi connectivity index (χ0) is 24.1. The first kappa shape index (κ1) is 24.1. The second kappa shape index (κ2) is 11.0. The van der Waals surface area contributed by atoms with E-state index < -0.39 is 0 Å². The van der Waals surface area contributed by atoms with Gasteiger partial charge in [-0.3, -0.25) is 9.36 Å². The topological polar surface area (TPSA) is 69.0 Å². The Kier molecular flexibility index (Phi) is 7.77. The van der Waals surface area contributed by atoms with Gasteiger partial charge in [0.15, 0.2) is 11.0 Å². The van der Waals surface area contributed by atoms with Crippen molar-refractivity contribution in [1.82, 2.24) is 14.8 Å². The number of aryl methyl sites for hydroxylation is 2. The molecule has 0 atom stereocenters. The van der Waals surface area contributed by atoms with Crippen molar-refractivity contribution in [2.45, 2.75) is 25.6 Å². The van der Waals surface area contributed by atoms with E-state index in [0.29, 0.717) is 26.7 Å². The summed E-state index contributed by atoms with van der Waals surface area (Å²) in [6, 6.07) is 20.8. The second-order valence-corrected chi connectivity index (χ2v) is 9.39. The fourth-order valence-electron chi connectivity index (χ4n) is 3.12. The van der Waals surface area contributed by atoms with E-state index in [9.17, 15) is 4.79 Å². The van der Waals surface area contributed by atoms with Crippen LogP contribution in [0.1, 0.15) is 17.0 Å². The lowest BCUT2D eigenvalue weighted by Crippen LogP contribution is -2.14. The molecule has 1 aromatic heterocycles. The lowest BCUT2D eigenvalue weighted by Gasteiger charge is -2.12. The van der Waals surface area contributed by atoms with Crippen LogP contribution in [0, 0.1) is 13.8 Å².